The number of thioether (sulfide) groups is 1. The maximum Gasteiger partial charge on any atom is 0.193 e. The van der Waals surface area contributed by atoms with Gasteiger partial charge in [-0.1, -0.05) is 25.1 Å². The molecule has 1 N–H and O–H groups in total. The van der Waals surface area contributed by atoms with Crippen molar-refractivity contribution in [3.05, 3.63) is 30.3 Å². The Balaban J connectivity index is 0.00000264. The summed E-state index contributed by atoms with van der Waals surface area (Å²) >= 11 is 1.88. The van der Waals surface area contributed by atoms with Crippen molar-refractivity contribution in [1.82, 2.24) is 10.2 Å². The van der Waals surface area contributed by atoms with Gasteiger partial charge in [-0.05, 0) is 18.6 Å². The van der Waals surface area contributed by atoms with E-state index in [0.717, 1.165) is 38.7 Å². The monoisotopic (exact) mass is 449 g/mol. The molecule has 1 heterocycles. The number of hydrogen-bond acceptors (Lipinski definition) is 3. The van der Waals surface area contributed by atoms with Crippen LogP contribution in [0.15, 0.2) is 40.2 Å². The molecule has 2 atom stereocenters. The maximum atomic E-state index is 5.45. The highest BCUT2D eigenvalue weighted by Gasteiger charge is 2.19. The topological polar surface area (TPSA) is 36.9 Å². The summed E-state index contributed by atoms with van der Waals surface area (Å²) < 4.78 is 5.45. The van der Waals surface area contributed by atoms with Crippen LogP contribution in [0, 0.1) is 5.92 Å². The second kappa shape index (κ2) is 11.1. The van der Waals surface area contributed by atoms with Crippen molar-refractivity contribution in [3.63, 3.8) is 0 Å². The van der Waals surface area contributed by atoms with Gasteiger partial charge >= 0.3 is 0 Å². The van der Waals surface area contributed by atoms with Crippen molar-refractivity contribution in [2.45, 2.75) is 23.5 Å². The van der Waals surface area contributed by atoms with Crippen molar-refractivity contribution < 1.29 is 4.74 Å². The lowest BCUT2D eigenvalue weighted by Crippen LogP contribution is -2.43. The van der Waals surface area contributed by atoms with Crippen molar-refractivity contribution in [2.24, 2.45) is 10.9 Å². The molecule has 1 saturated heterocycles. The van der Waals surface area contributed by atoms with Crippen molar-refractivity contribution in [3.8, 4) is 0 Å². The molecular formula is C17H28IN3OS. The number of ether oxygens (including phenoxy) is 1. The van der Waals surface area contributed by atoms with Crippen molar-refractivity contribution in [1.29, 1.82) is 0 Å². The third kappa shape index (κ3) is 7.30. The Kier molecular flexibility index (Phi) is 9.97. The van der Waals surface area contributed by atoms with Crippen LogP contribution >= 0.6 is 35.7 Å². The normalized spacial score (nSPS) is 19.1. The fourth-order valence-electron chi connectivity index (χ4n) is 2.59. The van der Waals surface area contributed by atoms with E-state index in [1.54, 1.807) is 0 Å². The van der Waals surface area contributed by atoms with E-state index in [9.17, 15) is 0 Å². The third-order valence-electron chi connectivity index (χ3n) is 3.76. The molecule has 6 heteroatoms. The fourth-order valence-corrected chi connectivity index (χ4v) is 3.54. The molecule has 0 saturated carbocycles. The average molecular weight is 449 g/mol. The molecule has 1 fully saturated rings. The highest BCUT2D eigenvalue weighted by molar-refractivity contribution is 14.0. The molecule has 0 aromatic heterocycles. The minimum absolute atomic E-state index is 0. The number of rotatable bonds is 6. The SMILES string of the molecule is CN=C(NCC(C)Sc1ccccc1)N(C)CC1CCOC1.I. The Labute approximate surface area is 161 Å². The molecule has 0 aliphatic carbocycles. The number of nitrogens with one attached hydrogen (secondary N) is 1. The molecule has 1 aromatic carbocycles. The lowest BCUT2D eigenvalue weighted by atomic mass is 10.1. The summed E-state index contributed by atoms with van der Waals surface area (Å²) in [5.41, 5.74) is 0. The molecule has 23 heavy (non-hydrogen) atoms. The summed E-state index contributed by atoms with van der Waals surface area (Å²) in [6, 6.07) is 10.5. The largest absolute Gasteiger partial charge is 0.381 e. The van der Waals surface area contributed by atoms with Gasteiger partial charge in [0.25, 0.3) is 0 Å². The second-order valence-corrected chi connectivity index (χ2v) is 7.29. The quantitative estimate of drug-likeness (QED) is 0.313. The minimum atomic E-state index is 0. The van der Waals surface area contributed by atoms with Crippen LogP contribution in [0.3, 0.4) is 0 Å². The molecule has 0 amide bonds. The van der Waals surface area contributed by atoms with E-state index >= 15 is 0 Å². The highest BCUT2D eigenvalue weighted by Crippen LogP contribution is 2.22. The van der Waals surface area contributed by atoms with E-state index < -0.39 is 0 Å². The summed E-state index contributed by atoms with van der Waals surface area (Å²) in [6.07, 6.45) is 1.15. The zero-order valence-electron chi connectivity index (χ0n) is 14.2. The van der Waals surface area contributed by atoms with E-state index in [0.29, 0.717) is 11.2 Å². The summed E-state index contributed by atoms with van der Waals surface area (Å²) in [6.45, 7) is 5.91. The Morgan fingerprint density at radius 2 is 2.17 bits per heavy atom. The molecule has 2 rings (SSSR count). The van der Waals surface area contributed by atoms with Crippen LogP contribution in [0.4, 0.5) is 0 Å². The smallest absolute Gasteiger partial charge is 0.193 e. The average Bonchev–Trinajstić information content (AvgIpc) is 3.01. The number of aliphatic imine (C=N–C) groups is 1. The molecule has 1 aliphatic heterocycles. The first kappa shape index (κ1) is 20.6. The molecule has 1 aromatic rings. The molecule has 130 valence electrons. The molecule has 0 radical (unpaired) electrons. The van der Waals surface area contributed by atoms with Gasteiger partial charge in [-0.25, -0.2) is 0 Å². The van der Waals surface area contributed by atoms with E-state index in [2.05, 4.69) is 59.5 Å². The molecule has 2 unspecified atom stereocenters. The summed E-state index contributed by atoms with van der Waals surface area (Å²) in [5, 5.41) is 3.97. The first-order valence-corrected chi connectivity index (χ1v) is 8.78. The van der Waals surface area contributed by atoms with Gasteiger partial charge in [0.05, 0.1) is 6.61 Å². The zero-order chi connectivity index (χ0) is 15.8. The predicted octanol–water partition coefficient (Wildman–Crippen LogP) is 3.33. The lowest BCUT2D eigenvalue weighted by Gasteiger charge is -2.25. The van der Waals surface area contributed by atoms with Gasteiger partial charge in [-0.2, -0.15) is 0 Å². The number of halogens is 1. The van der Waals surface area contributed by atoms with Crippen LogP contribution in [0.2, 0.25) is 0 Å². The number of nitrogens with zero attached hydrogens (tertiary/aromatic N) is 2. The number of benzene rings is 1. The van der Waals surface area contributed by atoms with Crippen LogP contribution in [-0.2, 0) is 4.74 Å². The third-order valence-corrected chi connectivity index (χ3v) is 4.87. The Morgan fingerprint density at radius 3 is 2.78 bits per heavy atom. The molecule has 0 spiro atoms. The summed E-state index contributed by atoms with van der Waals surface area (Å²) in [5.74, 6) is 1.59. The van der Waals surface area contributed by atoms with Gasteiger partial charge in [-0.3, -0.25) is 4.99 Å². The molecular weight excluding hydrogens is 421 g/mol. The van der Waals surface area contributed by atoms with Crippen LogP contribution < -0.4 is 5.32 Å². The predicted molar refractivity (Wildman–Crippen MR) is 110 cm³/mol. The molecule has 1 aliphatic rings. The van der Waals surface area contributed by atoms with Crippen LogP contribution in [0.1, 0.15) is 13.3 Å². The van der Waals surface area contributed by atoms with Crippen molar-refractivity contribution in [2.75, 3.05) is 40.4 Å². The molecule has 0 bridgehead atoms. The summed E-state index contributed by atoms with van der Waals surface area (Å²) in [4.78, 5) is 7.91. The van der Waals surface area contributed by atoms with E-state index in [1.807, 2.05) is 18.8 Å². The first-order chi connectivity index (χ1) is 10.7. The van der Waals surface area contributed by atoms with Gasteiger partial charge < -0.3 is 15.0 Å². The van der Waals surface area contributed by atoms with Gasteiger partial charge in [0.2, 0.25) is 0 Å². The first-order valence-electron chi connectivity index (χ1n) is 7.90. The van der Waals surface area contributed by atoms with Crippen molar-refractivity contribution >= 4 is 41.7 Å². The summed E-state index contributed by atoms with van der Waals surface area (Å²) in [7, 11) is 3.95. The Hall–Kier alpha value is -0.470. The second-order valence-electron chi connectivity index (χ2n) is 5.78. The fraction of sp³-hybridized carbons (Fsp3) is 0.588. The maximum absolute atomic E-state index is 5.45. The lowest BCUT2D eigenvalue weighted by molar-refractivity contribution is 0.181. The standard InChI is InChI=1S/C17H27N3OS.HI/c1-14(22-16-7-5-4-6-8-16)11-19-17(18-2)20(3)12-15-9-10-21-13-15;/h4-8,14-15H,9-13H2,1-3H3,(H,18,19);1H. The van der Waals surface area contributed by atoms with Crippen LogP contribution in [0.5, 0.6) is 0 Å². The van der Waals surface area contributed by atoms with E-state index in [1.165, 1.54) is 4.90 Å². The number of hydrogen-bond donors (Lipinski definition) is 1. The van der Waals surface area contributed by atoms with Gasteiger partial charge in [-0.15, -0.1) is 35.7 Å². The van der Waals surface area contributed by atoms with Crippen LogP contribution in [0.25, 0.3) is 0 Å². The minimum Gasteiger partial charge on any atom is -0.381 e. The van der Waals surface area contributed by atoms with Crippen LogP contribution in [-0.4, -0.2) is 56.5 Å². The zero-order valence-corrected chi connectivity index (χ0v) is 17.3. The Morgan fingerprint density at radius 1 is 1.43 bits per heavy atom. The Bertz CT molecular complexity index is 466. The van der Waals surface area contributed by atoms with Gasteiger partial charge in [0.1, 0.15) is 0 Å². The number of guanidine groups is 1. The molecule has 4 nitrogen and oxygen atoms in total. The van der Waals surface area contributed by atoms with E-state index in [4.69, 9.17) is 4.74 Å². The van der Waals surface area contributed by atoms with Gasteiger partial charge in [0.15, 0.2) is 5.96 Å². The van der Waals surface area contributed by atoms with E-state index in [-0.39, 0.29) is 24.0 Å². The van der Waals surface area contributed by atoms with Gasteiger partial charge in [0, 0.05) is 49.9 Å². The highest BCUT2D eigenvalue weighted by atomic mass is 127.